The molecule has 7 heteroatoms. The van der Waals surface area contributed by atoms with Gasteiger partial charge in [-0.3, -0.25) is 4.90 Å². The number of hydrogen-bond donors (Lipinski definition) is 1. The Morgan fingerprint density at radius 3 is 2.84 bits per heavy atom. The van der Waals surface area contributed by atoms with Crippen molar-refractivity contribution in [2.45, 2.75) is 20.0 Å². The largest absolute Gasteiger partial charge is 0.478 e. The number of hydrogen-bond acceptors (Lipinski definition) is 6. The highest BCUT2D eigenvalue weighted by molar-refractivity contribution is 7.09. The predicted molar refractivity (Wildman–Crippen MR) is 71.0 cm³/mol. The molecule has 2 aromatic heterocycles. The Bertz CT molecular complexity index is 585. The second-order valence-corrected chi connectivity index (χ2v) is 5.16. The van der Waals surface area contributed by atoms with Crippen LogP contribution < -0.4 is 0 Å². The third kappa shape index (κ3) is 3.33. The molecule has 0 aromatic carbocycles. The van der Waals surface area contributed by atoms with Crippen LogP contribution in [0.3, 0.4) is 0 Å². The molecule has 0 unspecified atom stereocenters. The average Bonchev–Trinajstić information content (AvgIpc) is 2.75. The second-order valence-electron chi connectivity index (χ2n) is 4.22. The summed E-state index contributed by atoms with van der Waals surface area (Å²) in [6.07, 6.45) is 2.70. The normalized spacial score (nSPS) is 10.9. The van der Waals surface area contributed by atoms with E-state index in [1.165, 1.54) is 17.4 Å². The topological polar surface area (TPSA) is 79.2 Å². The van der Waals surface area contributed by atoms with Crippen LogP contribution >= 0.6 is 11.3 Å². The number of nitrogens with zero attached hydrogens (tertiary/aromatic N) is 4. The van der Waals surface area contributed by atoms with Gasteiger partial charge in [-0.1, -0.05) is 0 Å². The van der Waals surface area contributed by atoms with E-state index in [0.717, 1.165) is 12.2 Å². The van der Waals surface area contributed by atoms with E-state index in [9.17, 15) is 4.79 Å². The highest BCUT2D eigenvalue weighted by Crippen LogP contribution is 2.16. The van der Waals surface area contributed by atoms with Crippen molar-refractivity contribution in [3.63, 3.8) is 0 Å². The lowest BCUT2D eigenvalue weighted by Gasteiger charge is -2.16. The molecule has 2 rings (SSSR count). The van der Waals surface area contributed by atoms with Crippen molar-refractivity contribution in [2.75, 3.05) is 7.05 Å². The molecule has 0 aliphatic carbocycles. The van der Waals surface area contributed by atoms with Crippen LogP contribution in [-0.2, 0) is 13.1 Å². The predicted octanol–water partition coefficient (Wildman–Crippen LogP) is 1.57. The van der Waals surface area contributed by atoms with E-state index in [2.05, 4.69) is 15.0 Å². The molecule has 100 valence electrons. The van der Waals surface area contributed by atoms with Crippen LogP contribution in [0.5, 0.6) is 0 Å². The van der Waals surface area contributed by atoms with Gasteiger partial charge in [-0.2, -0.15) is 0 Å². The summed E-state index contributed by atoms with van der Waals surface area (Å²) in [5.41, 5.74) is 3.49. The van der Waals surface area contributed by atoms with Crippen molar-refractivity contribution >= 4 is 17.3 Å². The molecule has 0 aliphatic heterocycles. The van der Waals surface area contributed by atoms with E-state index >= 15 is 0 Å². The SMILES string of the molecule is Cc1ncsc1CN(C)Cc1ncncc1C(=O)O. The van der Waals surface area contributed by atoms with Gasteiger partial charge in [0.2, 0.25) is 0 Å². The first-order chi connectivity index (χ1) is 9.08. The summed E-state index contributed by atoms with van der Waals surface area (Å²) in [6.45, 7) is 3.15. The summed E-state index contributed by atoms with van der Waals surface area (Å²) in [6, 6.07) is 0. The number of aromatic nitrogens is 3. The molecule has 2 aromatic rings. The molecular formula is C12H14N4O2S. The summed E-state index contributed by atoms with van der Waals surface area (Å²) in [7, 11) is 1.92. The maximum absolute atomic E-state index is 11.1. The fourth-order valence-corrected chi connectivity index (χ4v) is 2.55. The van der Waals surface area contributed by atoms with Crippen molar-refractivity contribution in [1.82, 2.24) is 19.9 Å². The monoisotopic (exact) mass is 278 g/mol. The Labute approximate surface area is 114 Å². The van der Waals surface area contributed by atoms with Gasteiger partial charge < -0.3 is 5.11 Å². The number of carboxylic acids is 1. The lowest BCUT2D eigenvalue weighted by molar-refractivity contribution is 0.0693. The molecule has 0 radical (unpaired) electrons. The Balaban J connectivity index is 2.09. The molecule has 0 amide bonds. The van der Waals surface area contributed by atoms with Crippen molar-refractivity contribution in [3.05, 3.63) is 39.9 Å². The summed E-state index contributed by atoms with van der Waals surface area (Å²) in [4.78, 5) is 26.2. The number of aromatic carboxylic acids is 1. The number of carboxylic acid groups (broad SMARTS) is 1. The fraction of sp³-hybridized carbons (Fsp3) is 0.333. The number of rotatable bonds is 5. The van der Waals surface area contributed by atoms with Gasteiger partial charge in [-0.05, 0) is 14.0 Å². The van der Waals surface area contributed by atoms with E-state index in [0.29, 0.717) is 12.2 Å². The first-order valence-electron chi connectivity index (χ1n) is 5.67. The lowest BCUT2D eigenvalue weighted by Crippen LogP contribution is -2.20. The zero-order valence-electron chi connectivity index (χ0n) is 10.7. The molecular weight excluding hydrogens is 264 g/mol. The molecule has 0 fully saturated rings. The second kappa shape index (κ2) is 5.85. The van der Waals surface area contributed by atoms with Crippen LogP contribution in [0.25, 0.3) is 0 Å². The van der Waals surface area contributed by atoms with Gasteiger partial charge in [0, 0.05) is 24.2 Å². The van der Waals surface area contributed by atoms with Crippen molar-refractivity contribution in [3.8, 4) is 0 Å². The molecule has 0 saturated heterocycles. The Hall–Kier alpha value is -1.86. The zero-order valence-corrected chi connectivity index (χ0v) is 11.5. The Morgan fingerprint density at radius 2 is 2.21 bits per heavy atom. The first kappa shape index (κ1) is 13.6. The van der Waals surface area contributed by atoms with Gasteiger partial charge in [0.15, 0.2) is 0 Å². The highest BCUT2D eigenvalue weighted by atomic mass is 32.1. The van der Waals surface area contributed by atoms with Gasteiger partial charge in [0.1, 0.15) is 11.9 Å². The van der Waals surface area contributed by atoms with Crippen LogP contribution in [0, 0.1) is 6.92 Å². The average molecular weight is 278 g/mol. The minimum Gasteiger partial charge on any atom is -0.478 e. The molecule has 0 aliphatic rings. The molecule has 0 spiro atoms. The van der Waals surface area contributed by atoms with Gasteiger partial charge in [0.25, 0.3) is 0 Å². The molecule has 2 heterocycles. The van der Waals surface area contributed by atoms with Crippen LogP contribution in [0.4, 0.5) is 0 Å². The van der Waals surface area contributed by atoms with E-state index in [1.807, 2.05) is 24.4 Å². The Morgan fingerprint density at radius 1 is 1.42 bits per heavy atom. The first-order valence-corrected chi connectivity index (χ1v) is 6.55. The van der Waals surface area contributed by atoms with Crippen LogP contribution in [0.1, 0.15) is 26.6 Å². The minimum atomic E-state index is -1.00. The molecule has 0 saturated carbocycles. The van der Waals surface area contributed by atoms with Crippen LogP contribution in [0.15, 0.2) is 18.0 Å². The summed E-state index contributed by atoms with van der Waals surface area (Å²) in [5.74, 6) is -1.00. The zero-order chi connectivity index (χ0) is 13.8. The summed E-state index contributed by atoms with van der Waals surface area (Å²) >= 11 is 1.60. The van der Waals surface area contributed by atoms with E-state index in [4.69, 9.17) is 5.11 Å². The standard InChI is InChI=1S/C12H14N4O2S/c1-8-11(19-7-15-8)5-16(2)4-10-9(12(17)18)3-13-6-14-10/h3,6-7H,4-5H2,1-2H3,(H,17,18). The molecule has 6 nitrogen and oxygen atoms in total. The maximum atomic E-state index is 11.1. The third-order valence-corrected chi connectivity index (χ3v) is 3.62. The number of thiazole rings is 1. The summed E-state index contributed by atoms with van der Waals surface area (Å²) < 4.78 is 0. The van der Waals surface area contributed by atoms with Gasteiger partial charge in [-0.25, -0.2) is 19.7 Å². The van der Waals surface area contributed by atoms with Gasteiger partial charge >= 0.3 is 5.97 Å². The van der Waals surface area contributed by atoms with Crippen LogP contribution in [0.2, 0.25) is 0 Å². The van der Waals surface area contributed by atoms with E-state index in [-0.39, 0.29) is 5.56 Å². The highest BCUT2D eigenvalue weighted by Gasteiger charge is 2.14. The lowest BCUT2D eigenvalue weighted by atomic mass is 10.2. The number of aryl methyl sites for hydroxylation is 1. The van der Waals surface area contributed by atoms with E-state index < -0.39 is 5.97 Å². The Kier molecular flexibility index (Phi) is 4.18. The smallest absolute Gasteiger partial charge is 0.339 e. The fourth-order valence-electron chi connectivity index (χ4n) is 1.69. The van der Waals surface area contributed by atoms with Crippen LogP contribution in [-0.4, -0.2) is 38.0 Å². The number of carbonyl (C=O) groups is 1. The van der Waals surface area contributed by atoms with Gasteiger partial charge in [-0.15, -0.1) is 11.3 Å². The quantitative estimate of drug-likeness (QED) is 0.894. The van der Waals surface area contributed by atoms with E-state index in [1.54, 1.807) is 11.3 Å². The van der Waals surface area contributed by atoms with Crippen molar-refractivity contribution in [2.24, 2.45) is 0 Å². The third-order valence-electron chi connectivity index (χ3n) is 2.70. The molecule has 1 N–H and O–H groups in total. The molecule has 19 heavy (non-hydrogen) atoms. The van der Waals surface area contributed by atoms with Crippen molar-refractivity contribution in [1.29, 1.82) is 0 Å². The minimum absolute atomic E-state index is 0.148. The van der Waals surface area contributed by atoms with Gasteiger partial charge in [0.05, 0.1) is 16.9 Å². The molecule has 0 atom stereocenters. The molecule has 0 bridgehead atoms. The van der Waals surface area contributed by atoms with Crippen molar-refractivity contribution < 1.29 is 9.90 Å². The summed E-state index contributed by atoms with van der Waals surface area (Å²) in [5, 5.41) is 9.07. The maximum Gasteiger partial charge on any atom is 0.339 e.